The first-order chi connectivity index (χ1) is 8.68. The third kappa shape index (κ3) is 2.74. The van der Waals surface area contributed by atoms with Crippen molar-refractivity contribution in [3.8, 4) is 0 Å². The first-order valence-corrected chi connectivity index (χ1v) is 5.51. The van der Waals surface area contributed by atoms with E-state index in [4.69, 9.17) is 0 Å². The second-order valence-electron chi connectivity index (χ2n) is 3.78. The number of carbonyl (C=O) groups excluding carboxylic acids is 1. The van der Waals surface area contributed by atoms with Crippen molar-refractivity contribution in [2.45, 2.75) is 6.54 Å². The molecule has 0 aliphatic carbocycles. The predicted octanol–water partition coefficient (Wildman–Crippen LogP) is 2.20. The van der Waals surface area contributed by atoms with E-state index in [1.807, 2.05) is 29.1 Å². The summed E-state index contributed by atoms with van der Waals surface area (Å²) in [5.41, 5.74) is -0.275. The van der Waals surface area contributed by atoms with Crippen molar-refractivity contribution in [3.05, 3.63) is 59.9 Å². The van der Waals surface area contributed by atoms with E-state index in [0.29, 0.717) is 13.1 Å². The van der Waals surface area contributed by atoms with E-state index >= 15 is 0 Å². The van der Waals surface area contributed by atoms with Crippen LogP contribution < -0.4 is 5.32 Å². The predicted molar refractivity (Wildman–Crippen MR) is 63.1 cm³/mol. The van der Waals surface area contributed by atoms with Gasteiger partial charge in [0.1, 0.15) is 0 Å². The summed E-state index contributed by atoms with van der Waals surface area (Å²) in [6, 6.07) is 7.27. The van der Waals surface area contributed by atoms with Crippen LogP contribution in [0.25, 0.3) is 0 Å². The molecule has 0 bridgehead atoms. The minimum Gasteiger partial charge on any atom is -0.353 e. The molecule has 0 aliphatic rings. The molecule has 1 N–H and O–H groups in total. The molecular formula is C13H12F2N2O. The van der Waals surface area contributed by atoms with E-state index in [0.717, 1.165) is 6.07 Å². The second-order valence-corrected chi connectivity index (χ2v) is 3.78. The molecule has 94 valence electrons. The summed E-state index contributed by atoms with van der Waals surface area (Å²) in [5.74, 6) is -2.75. The highest BCUT2D eigenvalue weighted by molar-refractivity contribution is 5.94. The number of carbonyl (C=O) groups is 1. The Hall–Kier alpha value is -2.17. The summed E-state index contributed by atoms with van der Waals surface area (Å²) in [5, 5.41) is 2.54. The van der Waals surface area contributed by atoms with E-state index < -0.39 is 17.5 Å². The van der Waals surface area contributed by atoms with Gasteiger partial charge in [-0.25, -0.2) is 8.78 Å². The number of benzene rings is 1. The summed E-state index contributed by atoms with van der Waals surface area (Å²) in [6.07, 6.45) is 3.71. The van der Waals surface area contributed by atoms with Gasteiger partial charge in [-0.3, -0.25) is 4.79 Å². The summed E-state index contributed by atoms with van der Waals surface area (Å²) in [4.78, 5) is 11.6. The Morgan fingerprint density at radius 3 is 2.61 bits per heavy atom. The maximum Gasteiger partial charge on any atom is 0.254 e. The van der Waals surface area contributed by atoms with E-state index in [1.54, 1.807) is 0 Å². The quantitative estimate of drug-likeness (QED) is 0.886. The van der Waals surface area contributed by atoms with Crippen molar-refractivity contribution in [3.63, 3.8) is 0 Å². The maximum atomic E-state index is 13.3. The number of halogens is 2. The Bertz CT molecular complexity index is 538. The number of hydrogen-bond acceptors (Lipinski definition) is 1. The Morgan fingerprint density at radius 2 is 1.89 bits per heavy atom. The molecule has 0 aliphatic heterocycles. The zero-order valence-electron chi connectivity index (χ0n) is 9.57. The molecule has 1 aromatic carbocycles. The first-order valence-electron chi connectivity index (χ1n) is 5.51. The van der Waals surface area contributed by atoms with Crippen LogP contribution in [0.4, 0.5) is 8.78 Å². The van der Waals surface area contributed by atoms with Gasteiger partial charge in [0.2, 0.25) is 0 Å². The lowest BCUT2D eigenvalue weighted by atomic mass is 10.2. The SMILES string of the molecule is O=C(NCCn1cccc1)c1cccc(F)c1F. The van der Waals surface area contributed by atoms with Gasteiger partial charge in [-0.05, 0) is 24.3 Å². The fourth-order valence-corrected chi connectivity index (χ4v) is 1.59. The van der Waals surface area contributed by atoms with Gasteiger partial charge in [-0.15, -0.1) is 0 Å². The third-order valence-corrected chi connectivity index (χ3v) is 2.52. The van der Waals surface area contributed by atoms with Crippen molar-refractivity contribution in [1.29, 1.82) is 0 Å². The molecule has 0 fully saturated rings. The first kappa shape index (κ1) is 12.3. The van der Waals surface area contributed by atoms with Crippen LogP contribution in [0.2, 0.25) is 0 Å². The van der Waals surface area contributed by atoms with Gasteiger partial charge in [-0.1, -0.05) is 6.07 Å². The van der Waals surface area contributed by atoms with E-state index in [9.17, 15) is 13.6 Å². The normalized spacial score (nSPS) is 10.3. The summed E-state index contributed by atoms with van der Waals surface area (Å²) >= 11 is 0. The molecular weight excluding hydrogens is 238 g/mol. The minimum absolute atomic E-state index is 0.275. The highest BCUT2D eigenvalue weighted by Crippen LogP contribution is 2.10. The van der Waals surface area contributed by atoms with Crippen LogP contribution >= 0.6 is 0 Å². The van der Waals surface area contributed by atoms with Crippen LogP contribution in [-0.2, 0) is 6.54 Å². The third-order valence-electron chi connectivity index (χ3n) is 2.52. The standard InChI is InChI=1S/C13H12F2N2O/c14-11-5-3-4-10(12(11)15)13(18)16-6-9-17-7-1-2-8-17/h1-5,7-8H,6,9H2,(H,16,18). The average Bonchev–Trinajstić information content (AvgIpc) is 2.85. The molecule has 0 spiro atoms. The summed E-state index contributed by atoms with van der Waals surface area (Å²) in [6.45, 7) is 0.930. The van der Waals surface area contributed by atoms with E-state index in [2.05, 4.69) is 5.32 Å². The van der Waals surface area contributed by atoms with Gasteiger partial charge < -0.3 is 9.88 Å². The van der Waals surface area contributed by atoms with E-state index in [-0.39, 0.29) is 5.56 Å². The monoisotopic (exact) mass is 250 g/mol. The lowest BCUT2D eigenvalue weighted by Gasteiger charge is -2.07. The fraction of sp³-hybridized carbons (Fsp3) is 0.154. The maximum absolute atomic E-state index is 13.3. The van der Waals surface area contributed by atoms with Crippen molar-refractivity contribution in [1.82, 2.24) is 9.88 Å². The topological polar surface area (TPSA) is 34.0 Å². The molecule has 2 rings (SSSR count). The van der Waals surface area contributed by atoms with Gasteiger partial charge in [0.25, 0.3) is 5.91 Å². The Morgan fingerprint density at radius 1 is 1.17 bits per heavy atom. The lowest BCUT2D eigenvalue weighted by Crippen LogP contribution is -2.28. The molecule has 0 radical (unpaired) electrons. The zero-order chi connectivity index (χ0) is 13.0. The number of amides is 1. The molecule has 3 nitrogen and oxygen atoms in total. The molecule has 2 aromatic rings. The molecule has 1 aromatic heterocycles. The highest BCUT2D eigenvalue weighted by atomic mass is 19.2. The van der Waals surface area contributed by atoms with Crippen LogP contribution in [0.3, 0.4) is 0 Å². The van der Waals surface area contributed by atoms with Crippen molar-refractivity contribution >= 4 is 5.91 Å². The second kappa shape index (κ2) is 5.44. The van der Waals surface area contributed by atoms with Gasteiger partial charge >= 0.3 is 0 Å². The zero-order valence-corrected chi connectivity index (χ0v) is 9.57. The smallest absolute Gasteiger partial charge is 0.254 e. The molecule has 1 heterocycles. The molecule has 0 atom stereocenters. The largest absolute Gasteiger partial charge is 0.353 e. The highest BCUT2D eigenvalue weighted by Gasteiger charge is 2.14. The molecule has 0 saturated heterocycles. The number of hydrogen-bond donors (Lipinski definition) is 1. The van der Waals surface area contributed by atoms with Crippen LogP contribution in [0.15, 0.2) is 42.7 Å². The Balaban J connectivity index is 1.93. The molecule has 5 heteroatoms. The number of nitrogens with zero attached hydrogens (tertiary/aromatic N) is 1. The molecule has 0 saturated carbocycles. The van der Waals surface area contributed by atoms with Crippen LogP contribution in [-0.4, -0.2) is 17.0 Å². The molecule has 0 unspecified atom stereocenters. The summed E-state index contributed by atoms with van der Waals surface area (Å²) in [7, 11) is 0. The Labute approximate surface area is 103 Å². The fourth-order valence-electron chi connectivity index (χ4n) is 1.59. The van der Waals surface area contributed by atoms with Gasteiger partial charge in [0, 0.05) is 25.5 Å². The average molecular weight is 250 g/mol. The number of nitrogens with one attached hydrogen (secondary N) is 1. The van der Waals surface area contributed by atoms with Gasteiger partial charge in [-0.2, -0.15) is 0 Å². The van der Waals surface area contributed by atoms with Crippen LogP contribution in [0, 0.1) is 11.6 Å². The lowest BCUT2D eigenvalue weighted by molar-refractivity contribution is 0.0947. The van der Waals surface area contributed by atoms with Gasteiger partial charge in [0.05, 0.1) is 5.56 Å². The number of rotatable bonds is 4. The van der Waals surface area contributed by atoms with Crippen molar-refractivity contribution < 1.29 is 13.6 Å². The minimum atomic E-state index is -1.11. The Kier molecular flexibility index (Phi) is 3.72. The van der Waals surface area contributed by atoms with Gasteiger partial charge in [0.15, 0.2) is 11.6 Å². The molecule has 1 amide bonds. The summed E-state index contributed by atoms with van der Waals surface area (Å²) < 4.78 is 28.1. The van der Waals surface area contributed by atoms with E-state index in [1.165, 1.54) is 12.1 Å². The van der Waals surface area contributed by atoms with Crippen LogP contribution in [0.1, 0.15) is 10.4 Å². The molecule has 18 heavy (non-hydrogen) atoms. The number of aromatic nitrogens is 1. The van der Waals surface area contributed by atoms with Crippen molar-refractivity contribution in [2.24, 2.45) is 0 Å². The van der Waals surface area contributed by atoms with Crippen molar-refractivity contribution in [2.75, 3.05) is 6.54 Å². The van der Waals surface area contributed by atoms with Crippen LogP contribution in [0.5, 0.6) is 0 Å².